The fourth-order valence-electron chi connectivity index (χ4n) is 2.55. The van der Waals surface area contributed by atoms with Crippen molar-refractivity contribution in [1.82, 2.24) is 10.6 Å². The molecule has 0 aromatic rings. The number of Topliss-reactive ketones (excluding diaryl/α,β-unsaturated/α-hetero) is 1. The summed E-state index contributed by atoms with van der Waals surface area (Å²) in [7, 11) is 0. The normalized spacial score (nSPS) is 26.4. The van der Waals surface area contributed by atoms with Gasteiger partial charge in [0.1, 0.15) is 11.5 Å². The summed E-state index contributed by atoms with van der Waals surface area (Å²) >= 11 is 0. The molecule has 2 aliphatic rings. The van der Waals surface area contributed by atoms with Crippen molar-refractivity contribution in [2.24, 2.45) is 17.8 Å². The van der Waals surface area contributed by atoms with E-state index >= 15 is 0 Å². The fourth-order valence-corrected chi connectivity index (χ4v) is 2.55. The molecule has 0 aromatic heterocycles. The molecule has 3 amide bonds. The third kappa shape index (κ3) is 3.64. The van der Waals surface area contributed by atoms with Gasteiger partial charge >= 0.3 is 6.09 Å². The maximum atomic E-state index is 12.6. The maximum absolute atomic E-state index is 12.6. The number of alkyl carbamates (subject to hydrolysis) is 1. The Morgan fingerprint density at radius 2 is 1.82 bits per heavy atom. The van der Waals surface area contributed by atoms with Gasteiger partial charge in [-0.25, -0.2) is 4.79 Å². The smallest absolute Gasteiger partial charge is 0.408 e. The predicted molar refractivity (Wildman–Crippen MR) is 76.7 cm³/mol. The van der Waals surface area contributed by atoms with E-state index in [0.29, 0.717) is 0 Å². The third-order valence-electron chi connectivity index (χ3n) is 3.82. The van der Waals surface area contributed by atoms with Crippen LogP contribution >= 0.6 is 0 Å². The second-order valence-electron chi connectivity index (χ2n) is 6.98. The average Bonchev–Trinajstić information content (AvgIpc) is 3.13. The molecule has 1 aliphatic carbocycles. The van der Waals surface area contributed by atoms with Crippen LogP contribution in [-0.2, 0) is 19.1 Å². The molecule has 2 N–H and O–H groups in total. The van der Waals surface area contributed by atoms with Gasteiger partial charge in [0.2, 0.25) is 11.8 Å². The Labute approximate surface area is 129 Å². The van der Waals surface area contributed by atoms with Gasteiger partial charge in [-0.2, -0.15) is 0 Å². The summed E-state index contributed by atoms with van der Waals surface area (Å²) in [6.45, 7) is 6.73. The largest absolute Gasteiger partial charge is 0.444 e. The first kappa shape index (κ1) is 16.5. The van der Waals surface area contributed by atoms with Crippen molar-refractivity contribution in [1.29, 1.82) is 0 Å². The molecule has 1 unspecified atom stereocenters. The van der Waals surface area contributed by atoms with Crippen LogP contribution in [0.15, 0.2) is 0 Å². The van der Waals surface area contributed by atoms with Gasteiger partial charge in [0.15, 0.2) is 5.78 Å². The maximum Gasteiger partial charge on any atom is 0.408 e. The van der Waals surface area contributed by atoms with Crippen LogP contribution < -0.4 is 10.6 Å². The Morgan fingerprint density at radius 1 is 1.23 bits per heavy atom. The molecule has 1 saturated carbocycles. The van der Waals surface area contributed by atoms with Crippen molar-refractivity contribution in [2.75, 3.05) is 0 Å². The van der Waals surface area contributed by atoms with E-state index in [1.54, 1.807) is 27.7 Å². The molecule has 3 atom stereocenters. The van der Waals surface area contributed by atoms with Crippen LogP contribution in [0.1, 0.15) is 40.5 Å². The van der Waals surface area contributed by atoms with Crippen LogP contribution in [-0.4, -0.2) is 35.3 Å². The number of carbonyl (C=O) groups excluding carboxylic acids is 4. The van der Waals surface area contributed by atoms with Gasteiger partial charge in [0.05, 0.1) is 12.0 Å². The van der Waals surface area contributed by atoms with E-state index in [4.69, 9.17) is 4.74 Å². The van der Waals surface area contributed by atoms with Crippen LogP contribution in [0.4, 0.5) is 4.79 Å². The van der Waals surface area contributed by atoms with E-state index in [1.807, 2.05) is 0 Å². The Hall–Kier alpha value is -1.92. The lowest BCUT2D eigenvalue weighted by atomic mass is 9.87. The Morgan fingerprint density at radius 3 is 2.23 bits per heavy atom. The van der Waals surface area contributed by atoms with Gasteiger partial charge in [0.25, 0.3) is 0 Å². The molecule has 7 nitrogen and oxygen atoms in total. The molecule has 1 aliphatic heterocycles. The Kier molecular flexibility index (Phi) is 4.26. The summed E-state index contributed by atoms with van der Waals surface area (Å²) < 4.78 is 5.16. The standard InChI is InChI=1S/C15H22N2O5/c1-7-9(13(20)17-12(7)19)11(18)10(8-5-6-8)16-14(21)22-15(2,3)4/h7-10H,5-6H2,1-4H3,(H,16,21)(H,17,19,20)/t7-,9+,10?/m0/s1. The molecule has 0 radical (unpaired) electrons. The molecule has 2 fully saturated rings. The summed E-state index contributed by atoms with van der Waals surface area (Å²) in [5.41, 5.74) is -0.671. The van der Waals surface area contributed by atoms with E-state index in [0.717, 1.165) is 12.8 Å². The topological polar surface area (TPSA) is 102 Å². The molecule has 0 bridgehead atoms. The molecule has 1 heterocycles. The molecule has 0 aromatic carbocycles. The number of ether oxygens (including phenoxy) is 1. The molecule has 0 spiro atoms. The lowest BCUT2D eigenvalue weighted by Gasteiger charge is -2.24. The fraction of sp³-hybridized carbons (Fsp3) is 0.733. The summed E-state index contributed by atoms with van der Waals surface area (Å²) in [5, 5.41) is 4.73. The lowest BCUT2D eigenvalue weighted by molar-refractivity contribution is -0.134. The van der Waals surface area contributed by atoms with E-state index in [2.05, 4.69) is 10.6 Å². The van der Waals surface area contributed by atoms with Gasteiger partial charge in [-0.3, -0.25) is 19.7 Å². The number of imide groups is 1. The lowest BCUT2D eigenvalue weighted by Crippen LogP contribution is -2.48. The quantitative estimate of drug-likeness (QED) is 0.590. The van der Waals surface area contributed by atoms with E-state index in [9.17, 15) is 19.2 Å². The van der Waals surface area contributed by atoms with Crippen molar-refractivity contribution < 1.29 is 23.9 Å². The van der Waals surface area contributed by atoms with E-state index < -0.39 is 47.2 Å². The first-order valence-corrected chi connectivity index (χ1v) is 7.48. The monoisotopic (exact) mass is 310 g/mol. The number of nitrogens with one attached hydrogen (secondary N) is 2. The zero-order valence-corrected chi connectivity index (χ0v) is 13.3. The SMILES string of the molecule is C[C@@H]1C(=O)NC(=O)[C@H]1C(=O)C(NC(=O)OC(C)(C)C)C1CC1. The number of ketones is 1. The minimum atomic E-state index is -1.03. The number of rotatable bonds is 4. The predicted octanol–water partition coefficient (Wildman–Crippen LogP) is 0.767. The highest BCUT2D eigenvalue weighted by Gasteiger charge is 2.49. The summed E-state index contributed by atoms with van der Waals surface area (Å²) in [4.78, 5) is 47.8. The summed E-state index contributed by atoms with van der Waals surface area (Å²) in [5.74, 6) is -3.18. The average molecular weight is 310 g/mol. The second kappa shape index (κ2) is 5.70. The number of hydrogen-bond acceptors (Lipinski definition) is 5. The summed E-state index contributed by atoms with van der Waals surface area (Å²) in [6.07, 6.45) is 0.932. The van der Waals surface area contributed by atoms with Gasteiger partial charge in [-0.15, -0.1) is 0 Å². The zero-order chi connectivity index (χ0) is 16.7. The molecular weight excluding hydrogens is 288 g/mol. The van der Waals surface area contributed by atoms with Crippen LogP contribution in [0.5, 0.6) is 0 Å². The van der Waals surface area contributed by atoms with Crippen LogP contribution in [0.25, 0.3) is 0 Å². The van der Waals surface area contributed by atoms with Crippen molar-refractivity contribution >= 4 is 23.7 Å². The third-order valence-corrected chi connectivity index (χ3v) is 3.82. The van der Waals surface area contributed by atoms with Gasteiger partial charge in [-0.1, -0.05) is 6.92 Å². The van der Waals surface area contributed by atoms with Gasteiger partial charge in [-0.05, 0) is 39.5 Å². The van der Waals surface area contributed by atoms with Crippen LogP contribution in [0.3, 0.4) is 0 Å². The molecular formula is C15H22N2O5. The molecule has 1 saturated heterocycles. The highest BCUT2D eigenvalue weighted by molar-refractivity contribution is 6.16. The minimum absolute atomic E-state index is 0.00993. The first-order chi connectivity index (χ1) is 10.1. The van der Waals surface area contributed by atoms with Gasteiger partial charge < -0.3 is 10.1 Å². The second-order valence-corrected chi connectivity index (χ2v) is 6.98. The zero-order valence-electron chi connectivity index (χ0n) is 13.3. The van der Waals surface area contributed by atoms with E-state index in [1.165, 1.54) is 0 Å². The first-order valence-electron chi connectivity index (χ1n) is 7.48. The highest BCUT2D eigenvalue weighted by atomic mass is 16.6. The number of hydrogen-bond donors (Lipinski definition) is 2. The summed E-state index contributed by atoms with van der Waals surface area (Å²) in [6, 6.07) is -0.779. The van der Waals surface area contributed by atoms with Crippen LogP contribution in [0.2, 0.25) is 0 Å². The highest BCUT2D eigenvalue weighted by Crippen LogP contribution is 2.36. The minimum Gasteiger partial charge on any atom is -0.444 e. The number of amides is 3. The molecule has 7 heteroatoms. The van der Waals surface area contributed by atoms with Crippen LogP contribution in [0, 0.1) is 17.8 Å². The van der Waals surface area contributed by atoms with Crippen molar-refractivity contribution in [3.63, 3.8) is 0 Å². The molecule has 122 valence electrons. The van der Waals surface area contributed by atoms with Crippen molar-refractivity contribution in [3.8, 4) is 0 Å². The van der Waals surface area contributed by atoms with Crippen molar-refractivity contribution in [3.05, 3.63) is 0 Å². The van der Waals surface area contributed by atoms with Gasteiger partial charge in [0, 0.05) is 0 Å². The Bertz CT molecular complexity index is 519. The number of carbonyl (C=O) groups is 4. The van der Waals surface area contributed by atoms with Crippen molar-refractivity contribution in [2.45, 2.75) is 52.2 Å². The Balaban J connectivity index is 2.08. The molecule has 2 rings (SSSR count). The van der Waals surface area contributed by atoms with E-state index in [-0.39, 0.29) is 5.92 Å². The molecule has 22 heavy (non-hydrogen) atoms.